The largest absolute Gasteiger partial charge is 0.386 e. The van der Waals surface area contributed by atoms with E-state index in [1.807, 2.05) is 24.3 Å². The first-order chi connectivity index (χ1) is 9.16. The fourth-order valence-corrected chi connectivity index (χ4v) is 2.75. The SMILES string of the molecule is OC(c1ccc(Br)c(F)c1)C1NCc2ccccc21. The second kappa shape index (κ2) is 5.04. The van der Waals surface area contributed by atoms with Crippen molar-refractivity contribution >= 4 is 15.9 Å². The van der Waals surface area contributed by atoms with Crippen LogP contribution in [0.25, 0.3) is 0 Å². The number of rotatable bonds is 2. The van der Waals surface area contributed by atoms with Crippen molar-refractivity contribution in [2.75, 3.05) is 0 Å². The molecule has 2 nitrogen and oxygen atoms in total. The molecule has 0 radical (unpaired) electrons. The highest BCUT2D eigenvalue weighted by molar-refractivity contribution is 9.10. The summed E-state index contributed by atoms with van der Waals surface area (Å²) in [5.74, 6) is -0.358. The Labute approximate surface area is 119 Å². The molecule has 0 aromatic heterocycles. The molecule has 1 heterocycles. The number of nitrogens with one attached hydrogen (secondary N) is 1. The zero-order valence-corrected chi connectivity index (χ0v) is 11.7. The van der Waals surface area contributed by atoms with E-state index in [2.05, 4.69) is 21.2 Å². The van der Waals surface area contributed by atoms with Gasteiger partial charge in [-0.3, -0.25) is 0 Å². The Bertz CT molecular complexity index is 617. The van der Waals surface area contributed by atoms with Gasteiger partial charge in [0.25, 0.3) is 0 Å². The molecule has 0 saturated heterocycles. The minimum atomic E-state index is -0.758. The van der Waals surface area contributed by atoms with Gasteiger partial charge in [-0.05, 0) is 44.8 Å². The molecule has 0 saturated carbocycles. The third kappa shape index (κ3) is 2.31. The van der Waals surface area contributed by atoms with E-state index in [-0.39, 0.29) is 11.9 Å². The predicted molar refractivity (Wildman–Crippen MR) is 75.1 cm³/mol. The number of fused-ring (bicyclic) bond motifs is 1. The molecule has 2 unspecified atom stereocenters. The van der Waals surface area contributed by atoms with Crippen molar-refractivity contribution in [3.8, 4) is 0 Å². The summed E-state index contributed by atoms with van der Waals surface area (Å²) in [4.78, 5) is 0. The van der Waals surface area contributed by atoms with Crippen LogP contribution in [0.4, 0.5) is 4.39 Å². The van der Waals surface area contributed by atoms with Crippen molar-refractivity contribution < 1.29 is 9.50 Å². The van der Waals surface area contributed by atoms with Crippen LogP contribution in [-0.4, -0.2) is 5.11 Å². The average Bonchev–Trinajstić information content (AvgIpc) is 2.85. The van der Waals surface area contributed by atoms with Gasteiger partial charge in [0.05, 0.1) is 16.6 Å². The van der Waals surface area contributed by atoms with Crippen LogP contribution >= 0.6 is 15.9 Å². The zero-order chi connectivity index (χ0) is 13.4. The van der Waals surface area contributed by atoms with Crippen LogP contribution in [0.5, 0.6) is 0 Å². The number of hydrogen-bond donors (Lipinski definition) is 2. The van der Waals surface area contributed by atoms with E-state index in [4.69, 9.17) is 0 Å². The van der Waals surface area contributed by atoms with E-state index in [1.165, 1.54) is 11.6 Å². The van der Waals surface area contributed by atoms with E-state index in [9.17, 15) is 9.50 Å². The van der Waals surface area contributed by atoms with Gasteiger partial charge < -0.3 is 10.4 Å². The van der Waals surface area contributed by atoms with Crippen molar-refractivity contribution in [3.05, 3.63) is 69.4 Å². The number of benzene rings is 2. The second-order valence-electron chi connectivity index (χ2n) is 4.68. The van der Waals surface area contributed by atoms with Gasteiger partial charge in [0.2, 0.25) is 0 Å². The molecule has 4 heteroatoms. The molecule has 3 rings (SSSR count). The van der Waals surface area contributed by atoms with E-state index in [0.29, 0.717) is 10.0 Å². The van der Waals surface area contributed by atoms with Gasteiger partial charge >= 0.3 is 0 Å². The highest BCUT2D eigenvalue weighted by atomic mass is 79.9. The Morgan fingerprint density at radius 2 is 2.05 bits per heavy atom. The summed E-state index contributed by atoms with van der Waals surface area (Å²) in [6, 6.07) is 12.5. The van der Waals surface area contributed by atoms with Crippen molar-refractivity contribution in [1.82, 2.24) is 5.32 Å². The topological polar surface area (TPSA) is 32.3 Å². The molecule has 1 aliphatic rings. The molecule has 0 amide bonds. The maximum Gasteiger partial charge on any atom is 0.137 e. The molecule has 2 atom stereocenters. The highest BCUT2D eigenvalue weighted by Crippen LogP contribution is 2.35. The van der Waals surface area contributed by atoms with Gasteiger partial charge in [0.15, 0.2) is 0 Å². The molecule has 0 fully saturated rings. The van der Waals surface area contributed by atoms with Gasteiger partial charge in [0.1, 0.15) is 5.82 Å². The minimum Gasteiger partial charge on any atom is -0.386 e. The number of hydrogen-bond acceptors (Lipinski definition) is 2. The van der Waals surface area contributed by atoms with Crippen LogP contribution in [0.15, 0.2) is 46.9 Å². The zero-order valence-electron chi connectivity index (χ0n) is 10.1. The number of halogens is 2. The molecule has 0 spiro atoms. The van der Waals surface area contributed by atoms with E-state index in [1.54, 1.807) is 12.1 Å². The van der Waals surface area contributed by atoms with E-state index < -0.39 is 6.10 Å². The molecule has 98 valence electrons. The number of aliphatic hydroxyl groups excluding tert-OH is 1. The van der Waals surface area contributed by atoms with Crippen LogP contribution in [0.1, 0.15) is 28.8 Å². The van der Waals surface area contributed by atoms with Crippen LogP contribution in [-0.2, 0) is 6.54 Å². The Hall–Kier alpha value is -1.23. The van der Waals surface area contributed by atoms with Crippen molar-refractivity contribution in [2.45, 2.75) is 18.7 Å². The molecule has 2 aromatic rings. The predicted octanol–water partition coefficient (Wildman–Crippen LogP) is 3.47. The molecule has 0 bridgehead atoms. The van der Waals surface area contributed by atoms with Crippen molar-refractivity contribution in [2.24, 2.45) is 0 Å². The third-order valence-electron chi connectivity index (χ3n) is 3.50. The maximum atomic E-state index is 13.5. The molecule has 2 N–H and O–H groups in total. The summed E-state index contributed by atoms with van der Waals surface area (Å²) < 4.78 is 13.9. The molecule has 2 aromatic carbocycles. The molecular weight excluding hydrogens is 309 g/mol. The average molecular weight is 322 g/mol. The Morgan fingerprint density at radius 3 is 2.84 bits per heavy atom. The lowest BCUT2D eigenvalue weighted by molar-refractivity contribution is 0.133. The molecule has 19 heavy (non-hydrogen) atoms. The van der Waals surface area contributed by atoms with Crippen LogP contribution in [0.2, 0.25) is 0 Å². The fourth-order valence-electron chi connectivity index (χ4n) is 2.50. The Morgan fingerprint density at radius 1 is 1.26 bits per heavy atom. The number of aliphatic hydroxyl groups is 1. The van der Waals surface area contributed by atoms with E-state index in [0.717, 1.165) is 12.1 Å². The first-order valence-electron chi connectivity index (χ1n) is 6.11. The van der Waals surface area contributed by atoms with Gasteiger partial charge in [-0.15, -0.1) is 0 Å². The normalized spacial score (nSPS) is 19.2. The summed E-state index contributed by atoms with van der Waals surface area (Å²) in [5, 5.41) is 13.7. The first-order valence-corrected chi connectivity index (χ1v) is 6.90. The van der Waals surface area contributed by atoms with E-state index >= 15 is 0 Å². The Kier molecular flexibility index (Phi) is 3.39. The van der Waals surface area contributed by atoms with Crippen molar-refractivity contribution in [3.63, 3.8) is 0 Å². The summed E-state index contributed by atoms with van der Waals surface area (Å²) >= 11 is 3.12. The quantitative estimate of drug-likeness (QED) is 0.887. The standard InChI is InChI=1S/C15H13BrFNO/c16-12-6-5-9(7-13(12)17)15(19)14-11-4-2-1-3-10(11)8-18-14/h1-7,14-15,18-19H,8H2. The smallest absolute Gasteiger partial charge is 0.137 e. The fraction of sp³-hybridized carbons (Fsp3) is 0.200. The van der Waals surface area contributed by atoms with Crippen molar-refractivity contribution in [1.29, 1.82) is 0 Å². The molecule has 1 aliphatic heterocycles. The molecular formula is C15H13BrFNO. The lowest BCUT2D eigenvalue weighted by Gasteiger charge is -2.20. The lowest BCUT2D eigenvalue weighted by atomic mass is 9.96. The van der Waals surface area contributed by atoms with Gasteiger partial charge in [-0.25, -0.2) is 4.39 Å². The summed E-state index contributed by atoms with van der Waals surface area (Å²) in [5.41, 5.74) is 2.84. The second-order valence-corrected chi connectivity index (χ2v) is 5.53. The third-order valence-corrected chi connectivity index (χ3v) is 4.15. The first kappa shape index (κ1) is 12.8. The van der Waals surface area contributed by atoms with Gasteiger partial charge in [-0.2, -0.15) is 0 Å². The minimum absolute atomic E-state index is 0.184. The monoisotopic (exact) mass is 321 g/mol. The van der Waals surface area contributed by atoms with Gasteiger partial charge in [0, 0.05) is 6.54 Å². The highest BCUT2D eigenvalue weighted by Gasteiger charge is 2.29. The van der Waals surface area contributed by atoms with Crippen LogP contribution in [0.3, 0.4) is 0 Å². The summed E-state index contributed by atoms with van der Waals surface area (Å²) in [6.07, 6.45) is -0.758. The summed E-state index contributed by atoms with van der Waals surface area (Å²) in [6.45, 7) is 0.733. The lowest BCUT2D eigenvalue weighted by Crippen LogP contribution is -2.20. The van der Waals surface area contributed by atoms with Crippen LogP contribution in [0, 0.1) is 5.82 Å². The maximum absolute atomic E-state index is 13.5. The molecule has 0 aliphatic carbocycles. The van der Waals surface area contributed by atoms with Crippen LogP contribution < -0.4 is 5.32 Å². The Balaban J connectivity index is 1.93. The van der Waals surface area contributed by atoms with Gasteiger partial charge in [-0.1, -0.05) is 30.3 Å². The summed E-state index contributed by atoms with van der Waals surface area (Å²) in [7, 11) is 0.